The molecule has 1 aliphatic rings. The maximum absolute atomic E-state index is 9.02. The third kappa shape index (κ3) is 3.21. The largest absolute Gasteiger partial charge is 0.456 e. The fourth-order valence-corrected chi connectivity index (χ4v) is 5.31. The van der Waals surface area contributed by atoms with Gasteiger partial charge in [-0.25, -0.2) is 4.57 Å². The summed E-state index contributed by atoms with van der Waals surface area (Å²) in [6.45, 7) is -0.171. The number of hydrogen-bond donors (Lipinski definition) is 0. The zero-order chi connectivity index (χ0) is 25.2. The van der Waals surface area contributed by atoms with Gasteiger partial charge in [0.1, 0.15) is 18.2 Å². The second kappa shape index (κ2) is 7.48. The van der Waals surface area contributed by atoms with Crippen LogP contribution < -0.4 is 4.57 Å². The number of aromatic nitrogens is 1. The Morgan fingerprint density at radius 1 is 0.906 bits per heavy atom. The SMILES string of the molecule is [2H]C([2H])([2H])c1ccc(-c2cc3oc4cc5cc(C6([2H])CCCCC6)ccc5cc4c3c[n+]2C)c(C)c1. The van der Waals surface area contributed by atoms with Crippen LogP contribution in [-0.2, 0) is 7.05 Å². The van der Waals surface area contributed by atoms with Crippen molar-refractivity contribution in [1.29, 1.82) is 0 Å². The summed E-state index contributed by atoms with van der Waals surface area (Å²) >= 11 is 0. The van der Waals surface area contributed by atoms with E-state index in [2.05, 4.69) is 41.1 Å². The monoisotopic (exact) mass is 424 g/mol. The lowest BCUT2D eigenvalue weighted by atomic mass is 9.83. The molecule has 0 saturated heterocycles. The summed E-state index contributed by atoms with van der Waals surface area (Å²) in [7, 11) is 2.01. The molecule has 32 heavy (non-hydrogen) atoms. The van der Waals surface area contributed by atoms with Gasteiger partial charge in [-0.2, -0.15) is 0 Å². The van der Waals surface area contributed by atoms with Gasteiger partial charge in [-0.05, 0) is 72.6 Å². The van der Waals surface area contributed by atoms with Crippen molar-refractivity contribution in [1.82, 2.24) is 0 Å². The van der Waals surface area contributed by atoms with E-state index >= 15 is 0 Å². The van der Waals surface area contributed by atoms with E-state index in [9.17, 15) is 0 Å². The summed E-state index contributed by atoms with van der Waals surface area (Å²) < 4.78 is 40.6. The zero-order valence-corrected chi connectivity index (χ0v) is 18.7. The standard InChI is InChI=1S/C30H30NO/c1-19-9-12-25(20(2)13-19)28-17-30-27(18-31(28)3)26-15-23-11-10-22(21-7-5-4-6-8-21)14-24(23)16-29(26)32-30/h9-18,21H,4-8H2,1-3H3/q+1/i1D3,21D. The molecular weight excluding hydrogens is 390 g/mol. The molecule has 2 aromatic heterocycles. The number of benzene rings is 3. The number of pyridine rings is 1. The van der Waals surface area contributed by atoms with Crippen molar-refractivity contribution in [2.45, 2.75) is 51.8 Å². The van der Waals surface area contributed by atoms with Crippen molar-refractivity contribution >= 4 is 32.7 Å². The third-order valence-electron chi connectivity index (χ3n) is 7.05. The number of aryl methyl sites for hydroxylation is 3. The van der Waals surface area contributed by atoms with Gasteiger partial charge in [-0.1, -0.05) is 55.2 Å². The van der Waals surface area contributed by atoms with Crippen LogP contribution in [0.1, 0.15) is 60.2 Å². The average molecular weight is 425 g/mol. The van der Waals surface area contributed by atoms with E-state index in [0.717, 1.165) is 80.8 Å². The second-order valence-electron chi connectivity index (χ2n) is 9.25. The van der Waals surface area contributed by atoms with E-state index in [4.69, 9.17) is 9.90 Å². The maximum Gasteiger partial charge on any atom is 0.216 e. The summed E-state index contributed by atoms with van der Waals surface area (Å²) in [6, 6.07) is 18.1. The van der Waals surface area contributed by atoms with Gasteiger partial charge in [0.2, 0.25) is 5.69 Å². The lowest BCUT2D eigenvalue weighted by Crippen LogP contribution is -2.30. The Labute approximate surface area is 195 Å². The quantitative estimate of drug-likeness (QED) is 0.263. The van der Waals surface area contributed by atoms with Crippen molar-refractivity contribution < 1.29 is 14.5 Å². The lowest BCUT2D eigenvalue weighted by Gasteiger charge is -2.22. The molecule has 0 amide bonds. The van der Waals surface area contributed by atoms with Crippen molar-refractivity contribution in [2.75, 3.05) is 0 Å². The van der Waals surface area contributed by atoms with E-state index in [-0.39, 0.29) is 0 Å². The van der Waals surface area contributed by atoms with Crippen LogP contribution in [0.5, 0.6) is 0 Å². The second-order valence-corrected chi connectivity index (χ2v) is 9.25. The van der Waals surface area contributed by atoms with E-state index < -0.39 is 12.7 Å². The Morgan fingerprint density at radius 3 is 2.56 bits per heavy atom. The lowest BCUT2D eigenvalue weighted by molar-refractivity contribution is -0.659. The maximum atomic E-state index is 9.02. The molecule has 2 heteroatoms. The highest BCUT2D eigenvalue weighted by atomic mass is 16.3. The zero-order valence-electron chi connectivity index (χ0n) is 22.7. The van der Waals surface area contributed by atoms with Crippen LogP contribution in [-0.4, -0.2) is 0 Å². The molecule has 0 bridgehead atoms. The van der Waals surface area contributed by atoms with Gasteiger partial charge in [0.15, 0.2) is 6.20 Å². The molecule has 6 rings (SSSR count). The normalized spacial score (nSPS) is 18.4. The smallest absolute Gasteiger partial charge is 0.216 e. The molecule has 0 aliphatic heterocycles. The first-order valence-electron chi connectivity index (χ1n) is 13.5. The molecule has 0 unspecified atom stereocenters. The molecule has 0 atom stereocenters. The summed E-state index contributed by atoms with van der Waals surface area (Å²) in [6.07, 6.45) is 7.43. The summed E-state index contributed by atoms with van der Waals surface area (Å²) in [5.41, 5.74) is 5.97. The first kappa shape index (κ1) is 15.6. The van der Waals surface area contributed by atoms with Crippen LogP contribution in [0.4, 0.5) is 0 Å². The highest BCUT2D eigenvalue weighted by molar-refractivity contribution is 6.10. The fourth-order valence-electron chi connectivity index (χ4n) is 5.31. The fraction of sp³-hybridized carbons (Fsp3) is 0.300. The van der Waals surface area contributed by atoms with E-state index in [1.165, 1.54) is 6.42 Å². The van der Waals surface area contributed by atoms with Gasteiger partial charge in [0, 0.05) is 16.4 Å². The highest BCUT2D eigenvalue weighted by Gasteiger charge is 2.20. The molecule has 2 heterocycles. The molecule has 0 spiro atoms. The number of nitrogens with zero attached hydrogens (tertiary/aromatic N) is 1. The van der Waals surface area contributed by atoms with Gasteiger partial charge in [-0.3, -0.25) is 0 Å². The number of hydrogen-bond acceptors (Lipinski definition) is 1. The predicted octanol–water partition coefficient (Wildman–Crippen LogP) is 7.90. The van der Waals surface area contributed by atoms with E-state index in [1.807, 2.05) is 26.1 Å². The first-order valence-corrected chi connectivity index (χ1v) is 11.5. The van der Waals surface area contributed by atoms with Gasteiger partial charge >= 0.3 is 0 Å². The van der Waals surface area contributed by atoms with Crippen LogP contribution in [0.2, 0.25) is 0 Å². The Balaban J connectivity index is 1.47. The minimum Gasteiger partial charge on any atom is -0.456 e. The van der Waals surface area contributed by atoms with Crippen LogP contribution in [0, 0.1) is 13.8 Å². The van der Waals surface area contributed by atoms with E-state index in [0.29, 0.717) is 5.56 Å². The van der Waals surface area contributed by atoms with Gasteiger partial charge in [-0.15, -0.1) is 0 Å². The Bertz CT molecular complexity index is 1640. The molecule has 3 aromatic carbocycles. The molecule has 5 aromatic rings. The molecule has 0 N–H and O–H groups in total. The summed E-state index contributed by atoms with van der Waals surface area (Å²) in [5.74, 6) is -0.481. The molecule has 160 valence electrons. The molecule has 1 saturated carbocycles. The predicted molar refractivity (Wildman–Crippen MR) is 133 cm³/mol. The summed E-state index contributed by atoms with van der Waals surface area (Å²) in [4.78, 5) is 0. The molecule has 0 radical (unpaired) electrons. The van der Waals surface area contributed by atoms with Crippen molar-refractivity contribution in [2.24, 2.45) is 7.05 Å². The number of fused-ring (bicyclic) bond motifs is 4. The summed E-state index contributed by atoms with van der Waals surface area (Å²) in [5, 5.41) is 4.37. The average Bonchev–Trinajstić information content (AvgIpc) is 3.18. The van der Waals surface area contributed by atoms with E-state index in [1.54, 1.807) is 12.1 Å². The van der Waals surface area contributed by atoms with Crippen LogP contribution in [0.25, 0.3) is 44.0 Å². The molecule has 1 fully saturated rings. The Hall–Kier alpha value is -3.13. The van der Waals surface area contributed by atoms with Crippen LogP contribution in [0.3, 0.4) is 0 Å². The minimum absolute atomic E-state index is 0.352. The van der Waals surface area contributed by atoms with Crippen LogP contribution >= 0.6 is 0 Å². The third-order valence-corrected chi connectivity index (χ3v) is 7.05. The molecule has 1 aliphatic carbocycles. The van der Waals surface area contributed by atoms with Crippen molar-refractivity contribution in [3.63, 3.8) is 0 Å². The van der Waals surface area contributed by atoms with Crippen molar-refractivity contribution in [3.8, 4) is 11.3 Å². The number of furan rings is 1. The van der Waals surface area contributed by atoms with Crippen LogP contribution in [0.15, 0.2) is 65.2 Å². The highest BCUT2D eigenvalue weighted by Crippen LogP contribution is 2.37. The molecule has 2 nitrogen and oxygen atoms in total. The van der Waals surface area contributed by atoms with Crippen molar-refractivity contribution in [3.05, 3.63) is 77.5 Å². The Morgan fingerprint density at radius 2 is 1.75 bits per heavy atom. The topological polar surface area (TPSA) is 17.0 Å². The van der Waals surface area contributed by atoms with Gasteiger partial charge < -0.3 is 4.42 Å². The first-order chi connectivity index (χ1) is 17.1. The minimum atomic E-state index is -2.12. The van der Waals surface area contributed by atoms with Gasteiger partial charge in [0.25, 0.3) is 0 Å². The Kier molecular flexibility index (Phi) is 3.65. The number of rotatable bonds is 2. The molecular formula is C30H30NO+. The van der Waals surface area contributed by atoms with Gasteiger partial charge in [0.05, 0.1) is 11.5 Å².